The summed E-state index contributed by atoms with van der Waals surface area (Å²) in [6.45, 7) is 5.62. The second-order valence-electron chi connectivity index (χ2n) is 5.37. The Morgan fingerprint density at radius 2 is 2.27 bits per heavy atom. The highest BCUT2D eigenvalue weighted by Gasteiger charge is 2.22. The van der Waals surface area contributed by atoms with Crippen LogP contribution in [0.3, 0.4) is 0 Å². The van der Waals surface area contributed by atoms with Crippen LogP contribution in [0.25, 0.3) is 0 Å². The molecule has 0 aliphatic heterocycles. The van der Waals surface area contributed by atoms with Crippen molar-refractivity contribution in [2.24, 2.45) is 10.9 Å². The Balaban J connectivity index is 1.85. The van der Waals surface area contributed by atoms with Crippen LogP contribution < -0.4 is 15.4 Å². The second kappa shape index (κ2) is 9.25. The molecule has 1 aromatic rings. The Morgan fingerprint density at radius 3 is 3.00 bits per heavy atom. The van der Waals surface area contributed by atoms with Crippen molar-refractivity contribution in [1.29, 1.82) is 0 Å². The number of aromatic nitrogens is 1. The number of methoxy groups -OCH3 is 1. The van der Waals surface area contributed by atoms with Crippen LogP contribution in [0, 0.1) is 5.92 Å². The van der Waals surface area contributed by atoms with Gasteiger partial charge in [-0.05, 0) is 37.3 Å². The van der Waals surface area contributed by atoms with E-state index in [-0.39, 0.29) is 0 Å². The van der Waals surface area contributed by atoms with Crippen molar-refractivity contribution >= 4 is 5.96 Å². The molecule has 2 N–H and O–H groups in total. The molecule has 0 bridgehead atoms. The molecule has 0 aromatic carbocycles. The van der Waals surface area contributed by atoms with E-state index in [9.17, 15) is 0 Å². The number of nitrogens with one attached hydrogen (secondary N) is 2. The van der Waals surface area contributed by atoms with Gasteiger partial charge in [0.1, 0.15) is 0 Å². The SMILES string of the molecule is CCNC(=NCc1ccnc(OCC2CC2)c1)NCCOC. The first-order valence-corrected chi connectivity index (χ1v) is 7.90. The van der Waals surface area contributed by atoms with Gasteiger partial charge < -0.3 is 20.1 Å². The zero-order valence-electron chi connectivity index (χ0n) is 13.5. The van der Waals surface area contributed by atoms with E-state index in [1.807, 2.05) is 19.1 Å². The van der Waals surface area contributed by atoms with Gasteiger partial charge in [-0.2, -0.15) is 0 Å². The van der Waals surface area contributed by atoms with Crippen molar-refractivity contribution in [3.05, 3.63) is 23.9 Å². The van der Waals surface area contributed by atoms with Crippen LogP contribution in [0.1, 0.15) is 25.3 Å². The summed E-state index contributed by atoms with van der Waals surface area (Å²) in [7, 11) is 1.69. The first-order valence-electron chi connectivity index (χ1n) is 7.90. The summed E-state index contributed by atoms with van der Waals surface area (Å²) < 4.78 is 10.7. The minimum Gasteiger partial charge on any atom is -0.477 e. The van der Waals surface area contributed by atoms with E-state index >= 15 is 0 Å². The standard InChI is InChI=1S/C16H26N4O2/c1-3-17-16(19-8-9-21-2)20-11-14-6-7-18-15(10-14)22-12-13-4-5-13/h6-7,10,13H,3-5,8-9,11-12H2,1-2H3,(H2,17,19,20). The van der Waals surface area contributed by atoms with Crippen LogP contribution in [-0.4, -0.2) is 44.4 Å². The Hall–Kier alpha value is -1.82. The third-order valence-corrected chi connectivity index (χ3v) is 3.33. The molecule has 1 heterocycles. The van der Waals surface area contributed by atoms with Crippen LogP contribution in [0.15, 0.2) is 23.3 Å². The smallest absolute Gasteiger partial charge is 0.213 e. The molecular weight excluding hydrogens is 280 g/mol. The van der Waals surface area contributed by atoms with E-state index in [1.165, 1.54) is 12.8 Å². The number of hydrogen-bond donors (Lipinski definition) is 2. The third kappa shape index (κ3) is 6.30. The molecule has 6 heteroatoms. The predicted molar refractivity (Wildman–Crippen MR) is 87.2 cm³/mol. The van der Waals surface area contributed by atoms with Gasteiger partial charge in [0, 0.05) is 32.5 Å². The number of aliphatic imine (C=N–C) groups is 1. The number of rotatable bonds is 9. The molecule has 2 rings (SSSR count). The summed E-state index contributed by atoms with van der Waals surface area (Å²) in [5, 5.41) is 6.43. The Bertz CT molecular complexity index is 475. The molecule has 0 amide bonds. The molecule has 1 saturated carbocycles. The van der Waals surface area contributed by atoms with E-state index in [2.05, 4.69) is 20.6 Å². The molecular formula is C16H26N4O2. The van der Waals surface area contributed by atoms with Crippen LogP contribution in [-0.2, 0) is 11.3 Å². The van der Waals surface area contributed by atoms with Gasteiger partial charge in [-0.25, -0.2) is 9.98 Å². The lowest BCUT2D eigenvalue weighted by Gasteiger charge is -2.11. The minimum absolute atomic E-state index is 0.588. The number of guanidine groups is 1. The summed E-state index contributed by atoms with van der Waals surface area (Å²) in [5.74, 6) is 2.21. The molecule has 22 heavy (non-hydrogen) atoms. The fraction of sp³-hybridized carbons (Fsp3) is 0.625. The lowest BCUT2D eigenvalue weighted by Crippen LogP contribution is -2.38. The van der Waals surface area contributed by atoms with Crippen LogP contribution in [0.5, 0.6) is 5.88 Å². The van der Waals surface area contributed by atoms with Gasteiger partial charge in [-0.15, -0.1) is 0 Å². The molecule has 122 valence electrons. The van der Waals surface area contributed by atoms with Gasteiger partial charge in [-0.1, -0.05) is 0 Å². The zero-order chi connectivity index (χ0) is 15.6. The van der Waals surface area contributed by atoms with Gasteiger partial charge >= 0.3 is 0 Å². The van der Waals surface area contributed by atoms with Crippen LogP contribution in [0.2, 0.25) is 0 Å². The quantitative estimate of drug-likeness (QED) is 0.412. The summed E-state index contributed by atoms with van der Waals surface area (Å²) in [6.07, 6.45) is 4.34. The highest BCUT2D eigenvalue weighted by Crippen LogP contribution is 2.29. The van der Waals surface area contributed by atoms with Gasteiger partial charge in [0.15, 0.2) is 5.96 Å². The highest BCUT2D eigenvalue weighted by atomic mass is 16.5. The second-order valence-corrected chi connectivity index (χ2v) is 5.37. The first kappa shape index (κ1) is 16.5. The Labute approximate surface area is 132 Å². The topological polar surface area (TPSA) is 67.8 Å². The van der Waals surface area contributed by atoms with Crippen molar-refractivity contribution in [2.75, 3.05) is 33.4 Å². The molecule has 0 saturated heterocycles. The van der Waals surface area contributed by atoms with E-state index in [0.717, 1.165) is 37.1 Å². The van der Waals surface area contributed by atoms with Crippen molar-refractivity contribution in [2.45, 2.75) is 26.3 Å². The van der Waals surface area contributed by atoms with Gasteiger partial charge in [0.2, 0.25) is 5.88 Å². The fourth-order valence-corrected chi connectivity index (χ4v) is 1.90. The van der Waals surface area contributed by atoms with Crippen molar-refractivity contribution in [3.8, 4) is 5.88 Å². The normalized spacial score (nSPS) is 14.7. The van der Waals surface area contributed by atoms with E-state index < -0.39 is 0 Å². The lowest BCUT2D eigenvalue weighted by molar-refractivity contribution is 0.203. The monoisotopic (exact) mass is 306 g/mol. The number of nitrogens with zero attached hydrogens (tertiary/aromatic N) is 2. The molecule has 0 spiro atoms. The molecule has 0 unspecified atom stereocenters. The molecule has 0 radical (unpaired) electrons. The van der Waals surface area contributed by atoms with Gasteiger partial charge in [-0.3, -0.25) is 0 Å². The summed E-state index contributed by atoms with van der Waals surface area (Å²) in [6, 6.07) is 3.93. The maximum atomic E-state index is 5.70. The minimum atomic E-state index is 0.588. The summed E-state index contributed by atoms with van der Waals surface area (Å²) >= 11 is 0. The van der Waals surface area contributed by atoms with E-state index in [0.29, 0.717) is 19.0 Å². The average Bonchev–Trinajstić information content (AvgIpc) is 3.36. The van der Waals surface area contributed by atoms with Crippen molar-refractivity contribution in [3.63, 3.8) is 0 Å². The highest BCUT2D eigenvalue weighted by molar-refractivity contribution is 5.79. The van der Waals surface area contributed by atoms with Crippen LogP contribution >= 0.6 is 0 Å². The molecule has 1 fully saturated rings. The number of ether oxygens (including phenoxy) is 2. The van der Waals surface area contributed by atoms with E-state index in [1.54, 1.807) is 13.3 Å². The molecule has 1 aliphatic carbocycles. The predicted octanol–water partition coefficient (Wildman–Crippen LogP) is 1.57. The Morgan fingerprint density at radius 1 is 1.41 bits per heavy atom. The maximum Gasteiger partial charge on any atom is 0.213 e. The molecule has 0 atom stereocenters. The molecule has 1 aliphatic rings. The largest absolute Gasteiger partial charge is 0.477 e. The molecule has 1 aromatic heterocycles. The summed E-state index contributed by atoms with van der Waals surface area (Å²) in [5.41, 5.74) is 1.09. The molecule has 6 nitrogen and oxygen atoms in total. The van der Waals surface area contributed by atoms with Gasteiger partial charge in [0.05, 0.1) is 19.8 Å². The lowest BCUT2D eigenvalue weighted by atomic mass is 10.3. The van der Waals surface area contributed by atoms with Crippen molar-refractivity contribution in [1.82, 2.24) is 15.6 Å². The fourth-order valence-electron chi connectivity index (χ4n) is 1.90. The first-order chi connectivity index (χ1) is 10.8. The van der Waals surface area contributed by atoms with Gasteiger partial charge in [0.25, 0.3) is 0 Å². The maximum absolute atomic E-state index is 5.70. The zero-order valence-corrected chi connectivity index (χ0v) is 13.5. The average molecular weight is 306 g/mol. The Kier molecular flexibility index (Phi) is 6.96. The number of hydrogen-bond acceptors (Lipinski definition) is 4. The van der Waals surface area contributed by atoms with E-state index in [4.69, 9.17) is 9.47 Å². The van der Waals surface area contributed by atoms with Crippen LogP contribution in [0.4, 0.5) is 0 Å². The number of pyridine rings is 1. The summed E-state index contributed by atoms with van der Waals surface area (Å²) in [4.78, 5) is 8.80. The third-order valence-electron chi connectivity index (χ3n) is 3.33. The van der Waals surface area contributed by atoms with Crippen molar-refractivity contribution < 1.29 is 9.47 Å².